The first-order chi connectivity index (χ1) is 16.9. The van der Waals surface area contributed by atoms with Crippen molar-refractivity contribution in [1.29, 1.82) is 0 Å². The molecule has 1 aliphatic heterocycles. The fraction of sp³-hybridized carbons (Fsp3) is 0.400. The lowest BCUT2D eigenvalue weighted by Crippen LogP contribution is -2.42. The van der Waals surface area contributed by atoms with Crippen LogP contribution < -0.4 is 15.5 Å². The van der Waals surface area contributed by atoms with Gasteiger partial charge < -0.3 is 20.3 Å². The van der Waals surface area contributed by atoms with Gasteiger partial charge in [-0.2, -0.15) is 23.0 Å². The predicted octanol–water partition coefficient (Wildman–Crippen LogP) is 5.40. The lowest BCUT2D eigenvalue weighted by Gasteiger charge is -2.36. The minimum atomic E-state index is -4.96. The molecule has 2 aromatic carbocycles. The van der Waals surface area contributed by atoms with Gasteiger partial charge in [0, 0.05) is 30.2 Å². The molecule has 1 fully saturated rings. The number of anilines is 3. The molecule has 1 aromatic heterocycles. The van der Waals surface area contributed by atoms with E-state index < -0.39 is 23.8 Å². The number of para-hydroxylation sites is 2. The molecule has 192 valence electrons. The molecule has 0 bridgehead atoms. The Kier molecular flexibility index (Phi) is 6.83. The number of aromatic nitrogens is 2. The minimum Gasteiger partial charge on any atom is -0.442 e. The number of piperidine rings is 1. The normalized spacial score (nSPS) is 16.6. The Morgan fingerprint density at radius 3 is 2.58 bits per heavy atom. The van der Waals surface area contributed by atoms with Crippen LogP contribution in [0.5, 0.6) is 0 Å². The first-order valence-electron chi connectivity index (χ1n) is 11.6. The molecule has 8 nitrogen and oxygen atoms in total. The van der Waals surface area contributed by atoms with E-state index in [4.69, 9.17) is 4.74 Å². The molecule has 1 atom stereocenters. The van der Waals surface area contributed by atoms with Crippen molar-refractivity contribution in [3.05, 3.63) is 48.7 Å². The minimum absolute atomic E-state index is 0.0171. The summed E-state index contributed by atoms with van der Waals surface area (Å²) in [6.07, 6.45) is -2.25. The van der Waals surface area contributed by atoms with Crippen LogP contribution in [-0.4, -0.2) is 52.7 Å². The number of nitrogens with zero attached hydrogens (tertiary/aromatic N) is 3. The maximum Gasteiger partial charge on any atom is 0.471 e. The van der Waals surface area contributed by atoms with Crippen LogP contribution >= 0.6 is 0 Å². The van der Waals surface area contributed by atoms with Crippen molar-refractivity contribution in [3.8, 4) is 0 Å². The van der Waals surface area contributed by atoms with E-state index in [-0.39, 0.29) is 11.7 Å². The average molecular weight is 504 g/mol. The lowest BCUT2D eigenvalue weighted by atomic mass is 10.0. The molecule has 4 rings (SSSR count). The Balaban J connectivity index is 1.47. The van der Waals surface area contributed by atoms with E-state index in [1.54, 1.807) is 51.2 Å². The third-order valence-electron chi connectivity index (χ3n) is 5.68. The summed E-state index contributed by atoms with van der Waals surface area (Å²) < 4.78 is 44.9. The first kappa shape index (κ1) is 25.3. The number of rotatable bonds is 4. The van der Waals surface area contributed by atoms with Crippen LogP contribution in [0.2, 0.25) is 0 Å². The van der Waals surface area contributed by atoms with Crippen molar-refractivity contribution < 1.29 is 27.5 Å². The molecule has 1 unspecified atom stereocenters. The van der Waals surface area contributed by atoms with E-state index in [1.807, 2.05) is 22.3 Å². The molecule has 0 saturated carbocycles. The van der Waals surface area contributed by atoms with Crippen molar-refractivity contribution >= 4 is 40.0 Å². The smallest absolute Gasteiger partial charge is 0.442 e. The number of carbonyl (C=O) groups is 2. The highest BCUT2D eigenvalue weighted by Gasteiger charge is 2.39. The maximum atomic E-state index is 12.8. The van der Waals surface area contributed by atoms with Gasteiger partial charge in [0.05, 0.1) is 23.1 Å². The first-order valence-corrected chi connectivity index (χ1v) is 11.6. The molecule has 0 spiro atoms. The summed E-state index contributed by atoms with van der Waals surface area (Å²) in [7, 11) is 0. The molecule has 11 heteroatoms. The molecule has 2 N–H and O–H groups in total. The second-order valence-electron chi connectivity index (χ2n) is 9.71. The van der Waals surface area contributed by atoms with Gasteiger partial charge in [-0.1, -0.05) is 12.1 Å². The third-order valence-corrected chi connectivity index (χ3v) is 5.68. The number of halogens is 3. The highest BCUT2D eigenvalue weighted by Crippen LogP contribution is 2.31. The quantitative estimate of drug-likeness (QED) is 0.496. The van der Waals surface area contributed by atoms with Crippen LogP contribution in [0.4, 0.5) is 35.0 Å². The number of benzene rings is 2. The van der Waals surface area contributed by atoms with Crippen LogP contribution in [0.1, 0.15) is 33.6 Å². The predicted molar refractivity (Wildman–Crippen MR) is 131 cm³/mol. The summed E-state index contributed by atoms with van der Waals surface area (Å²) in [6, 6.07) is 12.0. The maximum absolute atomic E-state index is 12.8. The summed E-state index contributed by atoms with van der Waals surface area (Å²) in [5, 5.41) is 10.4. The number of amides is 1. The molecule has 1 aliphatic rings. The molecule has 0 aliphatic carbocycles. The van der Waals surface area contributed by atoms with Gasteiger partial charge in [0.15, 0.2) is 0 Å². The van der Waals surface area contributed by atoms with Crippen LogP contribution in [0, 0.1) is 0 Å². The number of hydrogen-bond donors (Lipinski definition) is 2. The average Bonchev–Trinajstić information content (AvgIpc) is 3.21. The molecule has 1 saturated heterocycles. The monoisotopic (exact) mass is 503 g/mol. The Morgan fingerprint density at radius 1 is 1.11 bits per heavy atom. The molecule has 1 amide bonds. The number of nitrogens with one attached hydrogen (secondary N) is 2. The van der Waals surface area contributed by atoms with Crippen molar-refractivity contribution in [2.45, 2.75) is 51.4 Å². The van der Waals surface area contributed by atoms with E-state index >= 15 is 0 Å². The standard InChI is InChI=1S/C25H28F3N5O3/c1-24(2,3)36-23(35)33-20-11-10-17(13-16(20)14-29-33)30-18-7-6-12-32(15-18)21-9-5-4-8-19(21)31-22(34)25(26,27)28/h4-5,8-11,13-14,18,30H,6-7,12,15H2,1-3H3,(H,31,34). The van der Waals surface area contributed by atoms with E-state index in [2.05, 4.69) is 10.4 Å². The zero-order valence-corrected chi connectivity index (χ0v) is 20.2. The van der Waals surface area contributed by atoms with Gasteiger partial charge in [0.2, 0.25) is 0 Å². The Hall–Kier alpha value is -3.76. The second kappa shape index (κ2) is 9.71. The van der Waals surface area contributed by atoms with E-state index in [9.17, 15) is 22.8 Å². The van der Waals surface area contributed by atoms with Gasteiger partial charge in [-0.25, -0.2) is 4.79 Å². The van der Waals surface area contributed by atoms with E-state index in [0.717, 1.165) is 23.9 Å². The number of alkyl halides is 3. The largest absolute Gasteiger partial charge is 0.471 e. The van der Waals surface area contributed by atoms with Crippen molar-refractivity contribution in [2.24, 2.45) is 0 Å². The molecule has 36 heavy (non-hydrogen) atoms. The fourth-order valence-corrected chi connectivity index (χ4v) is 4.17. The van der Waals surface area contributed by atoms with Gasteiger partial charge in [0.1, 0.15) is 5.60 Å². The molecule has 3 aromatic rings. The number of hydrogen-bond acceptors (Lipinski definition) is 6. The van der Waals surface area contributed by atoms with Crippen LogP contribution in [0.25, 0.3) is 10.9 Å². The van der Waals surface area contributed by atoms with E-state index in [1.165, 1.54) is 10.7 Å². The van der Waals surface area contributed by atoms with Crippen LogP contribution in [-0.2, 0) is 9.53 Å². The van der Waals surface area contributed by atoms with Crippen molar-refractivity contribution in [2.75, 3.05) is 28.6 Å². The number of fused-ring (bicyclic) bond motifs is 1. The Labute approximate surface area is 206 Å². The van der Waals surface area contributed by atoms with Crippen LogP contribution in [0.3, 0.4) is 0 Å². The summed E-state index contributed by atoms with van der Waals surface area (Å²) in [5.74, 6) is -2.00. The number of carbonyl (C=O) groups excluding carboxylic acids is 2. The molecular formula is C25H28F3N5O3. The Morgan fingerprint density at radius 2 is 1.86 bits per heavy atom. The van der Waals surface area contributed by atoms with Gasteiger partial charge >= 0.3 is 18.2 Å². The zero-order valence-electron chi connectivity index (χ0n) is 20.2. The Bertz CT molecular complexity index is 1270. The molecule has 2 heterocycles. The molecule has 0 radical (unpaired) electrons. The third kappa shape index (κ3) is 5.89. The van der Waals surface area contributed by atoms with Gasteiger partial charge in [0.25, 0.3) is 0 Å². The highest BCUT2D eigenvalue weighted by atomic mass is 19.4. The summed E-state index contributed by atoms with van der Waals surface area (Å²) >= 11 is 0. The topological polar surface area (TPSA) is 88.5 Å². The second-order valence-corrected chi connectivity index (χ2v) is 9.71. The van der Waals surface area contributed by atoms with Gasteiger partial charge in [-0.05, 0) is 63.9 Å². The SMILES string of the molecule is CC(C)(C)OC(=O)n1ncc2cc(NC3CCCN(c4ccccc4NC(=O)C(F)(F)F)C3)ccc21. The fourth-order valence-electron chi connectivity index (χ4n) is 4.17. The summed E-state index contributed by atoms with van der Waals surface area (Å²) in [6.45, 7) is 6.55. The lowest BCUT2D eigenvalue weighted by molar-refractivity contribution is -0.167. The van der Waals surface area contributed by atoms with Crippen LogP contribution in [0.15, 0.2) is 48.7 Å². The zero-order chi connectivity index (χ0) is 26.1. The van der Waals surface area contributed by atoms with Crippen molar-refractivity contribution in [3.63, 3.8) is 0 Å². The highest BCUT2D eigenvalue weighted by molar-refractivity contribution is 5.97. The van der Waals surface area contributed by atoms with Crippen molar-refractivity contribution in [1.82, 2.24) is 9.78 Å². The summed E-state index contributed by atoms with van der Waals surface area (Å²) in [4.78, 5) is 25.9. The van der Waals surface area contributed by atoms with E-state index in [0.29, 0.717) is 24.3 Å². The molecular weight excluding hydrogens is 475 g/mol. The summed E-state index contributed by atoms with van der Waals surface area (Å²) in [5.41, 5.74) is 1.47. The van der Waals surface area contributed by atoms with Gasteiger partial charge in [-0.15, -0.1) is 0 Å². The number of ether oxygens (including phenoxy) is 1. The van der Waals surface area contributed by atoms with Gasteiger partial charge in [-0.3, -0.25) is 4.79 Å².